The molecule has 0 fully saturated rings. The topological polar surface area (TPSA) is 110 Å². The SMILES string of the molecule is CC(CNC(=O)N(CC(=O)O)CC(=O)O)N(C)C. The lowest BCUT2D eigenvalue weighted by Gasteiger charge is -2.23. The Morgan fingerprint density at radius 1 is 1.11 bits per heavy atom. The third-order valence-electron chi connectivity index (χ3n) is 2.37. The van der Waals surface area contributed by atoms with Crippen LogP contribution in [0.1, 0.15) is 6.92 Å². The zero-order valence-electron chi connectivity index (χ0n) is 10.7. The highest BCUT2D eigenvalue weighted by Gasteiger charge is 2.19. The lowest BCUT2D eigenvalue weighted by Crippen LogP contribution is -2.48. The molecule has 2 amide bonds. The fourth-order valence-electron chi connectivity index (χ4n) is 1.06. The first kappa shape index (κ1) is 16.2. The molecule has 0 heterocycles. The van der Waals surface area contributed by atoms with E-state index in [1.807, 2.05) is 25.9 Å². The summed E-state index contributed by atoms with van der Waals surface area (Å²) < 4.78 is 0. The maximum atomic E-state index is 11.6. The molecule has 8 nitrogen and oxygen atoms in total. The Bertz CT molecular complexity index is 303. The molecule has 0 radical (unpaired) electrons. The number of carbonyl (C=O) groups is 3. The monoisotopic (exact) mass is 261 g/mol. The number of carboxylic acid groups (broad SMARTS) is 2. The average molecular weight is 261 g/mol. The van der Waals surface area contributed by atoms with E-state index >= 15 is 0 Å². The minimum atomic E-state index is -1.26. The molecule has 0 aromatic heterocycles. The smallest absolute Gasteiger partial charge is 0.323 e. The van der Waals surface area contributed by atoms with Crippen molar-refractivity contribution >= 4 is 18.0 Å². The molecule has 1 atom stereocenters. The number of nitrogens with one attached hydrogen (secondary N) is 1. The first-order valence-electron chi connectivity index (χ1n) is 5.36. The third kappa shape index (κ3) is 6.69. The van der Waals surface area contributed by atoms with Crippen molar-refractivity contribution in [3.63, 3.8) is 0 Å². The maximum absolute atomic E-state index is 11.6. The molecule has 0 spiro atoms. The lowest BCUT2D eigenvalue weighted by molar-refractivity contribution is -0.140. The fourth-order valence-corrected chi connectivity index (χ4v) is 1.06. The Hall–Kier alpha value is -1.83. The van der Waals surface area contributed by atoms with E-state index in [1.165, 1.54) is 0 Å². The van der Waals surface area contributed by atoms with Gasteiger partial charge in [-0.3, -0.25) is 9.59 Å². The van der Waals surface area contributed by atoms with Gasteiger partial charge in [-0.2, -0.15) is 0 Å². The molecule has 1 unspecified atom stereocenters. The fraction of sp³-hybridized carbons (Fsp3) is 0.700. The summed E-state index contributed by atoms with van der Waals surface area (Å²) in [6.07, 6.45) is 0. The number of urea groups is 1. The van der Waals surface area contributed by atoms with Crippen molar-refractivity contribution in [3.8, 4) is 0 Å². The molecule has 0 rings (SSSR count). The zero-order valence-corrected chi connectivity index (χ0v) is 10.7. The Balaban J connectivity index is 4.37. The highest BCUT2D eigenvalue weighted by molar-refractivity contribution is 5.84. The molecular formula is C10H19N3O5. The van der Waals surface area contributed by atoms with E-state index in [0.717, 1.165) is 4.90 Å². The summed E-state index contributed by atoms with van der Waals surface area (Å²) in [6.45, 7) is 0.892. The third-order valence-corrected chi connectivity index (χ3v) is 2.37. The maximum Gasteiger partial charge on any atom is 0.323 e. The summed E-state index contributed by atoms with van der Waals surface area (Å²) in [4.78, 5) is 35.3. The molecule has 104 valence electrons. The zero-order chi connectivity index (χ0) is 14.3. The molecule has 18 heavy (non-hydrogen) atoms. The number of carboxylic acids is 2. The molecule has 3 N–H and O–H groups in total. The van der Waals surface area contributed by atoms with Crippen molar-refractivity contribution in [1.29, 1.82) is 0 Å². The number of nitrogens with zero attached hydrogens (tertiary/aromatic N) is 2. The number of aliphatic carboxylic acids is 2. The average Bonchev–Trinajstić information content (AvgIpc) is 2.22. The van der Waals surface area contributed by atoms with Gasteiger partial charge in [-0.05, 0) is 21.0 Å². The van der Waals surface area contributed by atoms with Gasteiger partial charge in [0.25, 0.3) is 0 Å². The summed E-state index contributed by atoms with van der Waals surface area (Å²) in [5.41, 5.74) is 0. The van der Waals surface area contributed by atoms with Crippen LogP contribution in [0.25, 0.3) is 0 Å². The second kappa shape index (κ2) is 7.49. The van der Waals surface area contributed by atoms with Crippen LogP contribution in [0.15, 0.2) is 0 Å². The number of hydrogen-bond donors (Lipinski definition) is 3. The van der Waals surface area contributed by atoms with Crippen molar-refractivity contribution in [2.75, 3.05) is 33.7 Å². The summed E-state index contributed by atoms with van der Waals surface area (Å²) in [5, 5.41) is 19.7. The Morgan fingerprint density at radius 3 is 1.89 bits per heavy atom. The first-order chi connectivity index (χ1) is 8.23. The molecule has 0 saturated heterocycles. The van der Waals surface area contributed by atoms with Gasteiger partial charge in [0.1, 0.15) is 13.1 Å². The molecule has 0 aliphatic carbocycles. The van der Waals surface area contributed by atoms with E-state index < -0.39 is 31.1 Å². The van der Waals surface area contributed by atoms with Crippen LogP contribution in [0.5, 0.6) is 0 Å². The van der Waals surface area contributed by atoms with Crippen LogP contribution in [0.2, 0.25) is 0 Å². The molecule has 0 bridgehead atoms. The summed E-state index contributed by atoms with van der Waals surface area (Å²) >= 11 is 0. The van der Waals surface area contributed by atoms with Crippen LogP contribution in [0.4, 0.5) is 4.79 Å². The molecule has 0 aromatic carbocycles. The van der Waals surface area contributed by atoms with Crippen LogP contribution in [-0.2, 0) is 9.59 Å². The summed E-state index contributed by atoms with van der Waals surface area (Å²) in [6, 6.07) is -0.640. The summed E-state index contributed by atoms with van der Waals surface area (Å²) in [7, 11) is 3.67. The largest absolute Gasteiger partial charge is 0.480 e. The van der Waals surface area contributed by atoms with Gasteiger partial charge in [-0.25, -0.2) is 4.79 Å². The first-order valence-corrected chi connectivity index (χ1v) is 5.36. The predicted molar refractivity (Wildman–Crippen MR) is 63.4 cm³/mol. The molecule has 0 aliphatic heterocycles. The Kier molecular flexibility index (Phi) is 6.73. The van der Waals surface area contributed by atoms with Gasteiger partial charge in [0.2, 0.25) is 0 Å². The van der Waals surface area contributed by atoms with Gasteiger partial charge < -0.3 is 25.3 Å². The Morgan fingerprint density at radius 2 is 1.56 bits per heavy atom. The number of likely N-dealkylation sites (N-methyl/N-ethyl adjacent to an activating group) is 1. The van der Waals surface area contributed by atoms with Crippen molar-refractivity contribution in [3.05, 3.63) is 0 Å². The number of rotatable bonds is 7. The van der Waals surface area contributed by atoms with Crippen LogP contribution in [0.3, 0.4) is 0 Å². The second-order valence-electron chi connectivity index (χ2n) is 4.14. The van der Waals surface area contributed by atoms with E-state index in [0.29, 0.717) is 6.54 Å². The highest BCUT2D eigenvalue weighted by Crippen LogP contribution is 1.93. The van der Waals surface area contributed by atoms with Crippen molar-refractivity contribution in [2.24, 2.45) is 0 Å². The molecular weight excluding hydrogens is 242 g/mol. The van der Waals surface area contributed by atoms with Gasteiger partial charge in [0, 0.05) is 12.6 Å². The molecule has 0 aromatic rings. The molecule has 0 aliphatic rings. The second-order valence-corrected chi connectivity index (χ2v) is 4.14. The normalized spacial score (nSPS) is 12.0. The number of hydrogen-bond acceptors (Lipinski definition) is 4. The van der Waals surface area contributed by atoms with E-state index in [-0.39, 0.29) is 6.04 Å². The summed E-state index contributed by atoms with van der Waals surface area (Å²) in [5.74, 6) is -2.51. The lowest BCUT2D eigenvalue weighted by atomic mass is 10.3. The predicted octanol–water partition coefficient (Wildman–Crippen LogP) is -0.883. The van der Waals surface area contributed by atoms with Gasteiger partial charge >= 0.3 is 18.0 Å². The minimum absolute atomic E-state index is 0.0606. The van der Waals surface area contributed by atoms with Crippen molar-refractivity contribution < 1.29 is 24.6 Å². The van der Waals surface area contributed by atoms with Crippen molar-refractivity contribution in [2.45, 2.75) is 13.0 Å². The van der Waals surface area contributed by atoms with E-state index in [2.05, 4.69) is 5.32 Å². The van der Waals surface area contributed by atoms with E-state index in [4.69, 9.17) is 10.2 Å². The molecule has 8 heteroatoms. The highest BCUT2D eigenvalue weighted by atomic mass is 16.4. The van der Waals surface area contributed by atoms with Gasteiger partial charge in [0.15, 0.2) is 0 Å². The van der Waals surface area contributed by atoms with Gasteiger partial charge in [-0.1, -0.05) is 0 Å². The van der Waals surface area contributed by atoms with E-state index in [9.17, 15) is 14.4 Å². The van der Waals surface area contributed by atoms with Gasteiger partial charge in [-0.15, -0.1) is 0 Å². The quantitative estimate of drug-likeness (QED) is 0.549. The van der Waals surface area contributed by atoms with Crippen LogP contribution >= 0.6 is 0 Å². The van der Waals surface area contributed by atoms with Crippen LogP contribution < -0.4 is 5.32 Å². The van der Waals surface area contributed by atoms with Gasteiger partial charge in [0.05, 0.1) is 0 Å². The number of amides is 2. The standard InChI is InChI=1S/C10H19N3O5/c1-7(12(2)3)4-11-10(18)13(5-8(14)15)6-9(16)17/h7H,4-6H2,1-3H3,(H,11,18)(H,14,15)(H,16,17). The molecule has 0 saturated carbocycles. The van der Waals surface area contributed by atoms with E-state index in [1.54, 1.807) is 0 Å². The Labute approximate surface area is 105 Å². The van der Waals surface area contributed by atoms with Crippen LogP contribution in [0, 0.1) is 0 Å². The number of carbonyl (C=O) groups excluding carboxylic acids is 1. The van der Waals surface area contributed by atoms with Crippen LogP contribution in [-0.4, -0.2) is 77.8 Å². The minimum Gasteiger partial charge on any atom is -0.480 e. The van der Waals surface area contributed by atoms with Crippen molar-refractivity contribution in [1.82, 2.24) is 15.1 Å².